The highest BCUT2D eigenvalue weighted by molar-refractivity contribution is 5.78. The van der Waals surface area contributed by atoms with Gasteiger partial charge in [-0.1, -0.05) is 6.42 Å². The molecule has 1 aliphatic rings. The lowest BCUT2D eigenvalue weighted by Gasteiger charge is -2.15. The topological polar surface area (TPSA) is 58.4 Å². The number of hydrogen-bond acceptors (Lipinski definition) is 3. The van der Waals surface area contributed by atoms with E-state index in [0.29, 0.717) is 12.6 Å². The molecule has 0 spiro atoms. The number of carbonyl (C=O) groups excluding carboxylic acids is 1. The van der Waals surface area contributed by atoms with Gasteiger partial charge in [0.15, 0.2) is 0 Å². The Labute approximate surface area is 92.2 Å². The fourth-order valence-electron chi connectivity index (χ4n) is 1.53. The minimum Gasteiger partial charge on any atom is -0.352 e. The zero-order valence-corrected chi connectivity index (χ0v) is 9.67. The van der Waals surface area contributed by atoms with Gasteiger partial charge in [-0.05, 0) is 45.8 Å². The summed E-state index contributed by atoms with van der Waals surface area (Å²) in [5.74, 6) is 0.166. The van der Waals surface area contributed by atoms with E-state index < -0.39 is 0 Å². The lowest BCUT2D eigenvalue weighted by atomic mass is 10.2. The van der Waals surface area contributed by atoms with Crippen LogP contribution in [0.4, 0.5) is 0 Å². The molecule has 0 aromatic rings. The van der Waals surface area contributed by atoms with Gasteiger partial charge in [-0.2, -0.15) is 0 Å². The van der Waals surface area contributed by atoms with Crippen LogP contribution >= 0.6 is 0 Å². The third-order valence-corrected chi connectivity index (χ3v) is 2.60. The standard InChI is InChI=1S/C11H23N3O/c1-14(8-4-2-3-7-12)9-11(15)13-10-5-6-10/h10H,2-9,12H2,1H3,(H,13,15). The van der Waals surface area contributed by atoms with Crippen molar-refractivity contribution in [3.8, 4) is 0 Å². The molecule has 0 saturated heterocycles. The number of nitrogens with two attached hydrogens (primary N) is 1. The van der Waals surface area contributed by atoms with Crippen LogP contribution in [0, 0.1) is 0 Å². The van der Waals surface area contributed by atoms with Gasteiger partial charge in [-0.3, -0.25) is 9.69 Å². The molecule has 1 rings (SSSR count). The first-order valence-corrected chi connectivity index (χ1v) is 5.90. The summed E-state index contributed by atoms with van der Waals surface area (Å²) >= 11 is 0. The number of amides is 1. The first-order valence-electron chi connectivity index (χ1n) is 5.90. The zero-order valence-electron chi connectivity index (χ0n) is 9.67. The van der Waals surface area contributed by atoms with Crippen molar-refractivity contribution < 1.29 is 4.79 Å². The molecule has 0 unspecified atom stereocenters. The first-order chi connectivity index (χ1) is 7.22. The molecule has 4 nitrogen and oxygen atoms in total. The van der Waals surface area contributed by atoms with Gasteiger partial charge >= 0.3 is 0 Å². The van der Waals surface area contributed by atoms with Gasteiger partial charge in [-0.15, -0.1) is 0 Å². The minimum atomic E-state index is 0.166. The van der Waals surface area contributed by atoms with E-state index in [4.69, 9.17) is 5.73 Å². The van der Waals surface area contributed by atoms with E-state index >= 15 is 0 Å². The van der Waals surface area contributed by atoms with Gasteiger partial charge in [-0.25, -0.2) is 0 Å². The summed E-state index contributed by atoms with van der Waals surface area (Å²) in [4.78, 5) is 13.5. The molecule has 0 heterocycles. The van der Waals surface area contributed by atoms with Crippen molar-refractivity contribution in [1.82, 2.24) is 10.2 Å². The number of unbranched alkanes of at least 4 members (excludes halogenated alkanes) is 2. The monoisotopic (exact) mass is 213 g/mol. The third-order valence-electron chi connectivity index (χ3n) is 2.60. The lowest BCUT2D eigenvalue weighted by Crippen LogP contribution is -2.36. The van der Waals surface area contributed by atoms with Crippen LogP contribution < -0.4 is 11.1 Å². The molecule has 1 aliphatic carbocycles. The van der Waals surface area contributed by atoms with E-state index in [-0.39, 0.29) is 5.91 Å². The molecule has 4 heteroatoms. The average molecular weight is 213 g/mol. The lowest BCUT2D eigenvalue weighted by molar-refractivity contribution is -0.122. The molecule has 0 aromatic carbocycles. The van der Waals surface area contributed by atoms with Gasteiger partial charge in [0.25, 0.3) is 0 Å². The van der Waals surface area contributed by atoms with Crippen molar-refractivity contribution in [2.24, 2.45) is 5.73 Å². The zero-order chi connectivity index (χ0) is 11.1. The van der Waals surface area contributed by atoms with Crippen molar-refractivity contribution >= 4 is 5.91 Å². The summed E-state index contributed by atoms with van der Waals surface area (Å²) in [5, 5.41) is 2.99. The highest BCUT2D eigenvalue weighted by Crippen LogP contribution is 2.18. The van der Waals surface area contributed by atoms with Gasteiger partial charge < -0.3 is 11.1 Å². The normalized spacial score (nSPS) is 15.7. The summed E-state index contributed by atoms with van der Waals surface area (Å²) in [6.45, 7) is 2.28. The summed E-state index contributed by atoms with van der Waals surface area (Å²) in [6, 6.07) is 0.475. The van der Waals surface area contributed by atoms with E-state index in [1.165, 1.54) is 0 Å². The van der Waals surface area contributed by atoms with E-state index in [1.807, 2.05) is 7.05 Å². The number of nitrogens with zero attached hydrogens (tertiary/aromatic N) is 1. The van der Waals surface area contributed by atoms with Crippen LogP contribution in [0.15, 0.2) is 0 Å². The fourth-order valence-corrected chi connectivity index (χ4v) is 1.53. The number of likely N-dealkylation sites (N-methyl/N-ethyl adjacent to an activating group) is 1. The molecule has 3 N–H and O–H groups in total. The highest BCUT2D eigenvalue weighted by atomic mass is 16.2. The third kappa shape index (κ3) is 6.47. The van der Waals surface area contributed by atoms with Crippen molar-refractivity contribution in [3.63, 3.8) is 0 Å². The Balaban J connectivity index is 1.96. The Hall–Kier alpha value is -0.610. The first kappa shape index (κ1) is 12.5. The maximum absolute atomic E-state index is 11.4. The Morgan fingerprint density at radius 2 is 2.13 bits per heavy atom. The molecule has 1 saturated carbocycles. The smallest absolute Gasteiger partial charge is 0.234 e. The van der Waals surface area contributed by atoms with Crippen LogP contribution in [0.25, 0.3) is 0 Å². The second-order valence-corrected chi connectivity index (χ2v) is 4.43. The van der Waals surface area contributed by atoms with Crippen molar-refractivity contribution in [3.05, 3.63) is 0 Å². The summed E-state index contributed by atoms with van der Waals surface area (Å²) in [7, 11) is 1.99. The van der Waals surface area contributed by atoms with E-state index in [0.717, 1.165) is 45.2 Å². The quantitative estimate of drug-likeness (QED) is 0.571. The van der Waals surface area contributed by atoms with Crippen LogP contribution in [-0.2, 0) is 4.79 Å². The Bertz CT molecular complexity index is 192. The van der Waals surface area contributed by atoms with Crippen molar-refractivity contribution in [2.75, 3.05) is 26.7 Å². The van der Waals surface area contributed by atoms with Gasteiger partial charge in [0.1, 0.15) is 0 Å². The molecule has 15 heavy (non-hydrogen) atoms. The Morgan fingerprint density at radius 3 is 2.73 bits per heavy atom. The van der Waals surface area contributed by atoms with Gasteiger partial charge in [0, 0.05) is 6.04 Å². The highest BCUT2D eigenvalue weighted by Gasteiger charge is 2.23. The van der Waals surface area contributed by atoms with Crippen LogP contribution in [0.1, 0.15) is 32.1 Å². The molecule has 1 fully saturated rings. The molecular formula is C11H23N3O. The average Bonchev–Trinajstić information content (AvgIpc) is 2.96. The second kappa shape index (κ2) is 6.80. The predicted octanol–water partition coefficient (Wildman–Crippen LogP) is 0.326. The number of rotatable bonds is 8. The SMILES string of the molecule is CN(CCCCCN)CC(=O)NC1CC1. The molecule has 1 amide bonds. The summed E-state index contributed by atoms with van der Waals surface area (Å²) in [5.41, 5.74) is 5.41. The molecule has 88 valence electrons. The van der Waals surface area contributed by atoms with Crippen LogP contribution in [0.5, 0.6) is 0 Å². The maximum atomic E-state index is 11.4. The number of hydrogen-bond donors (Lipinski definition) is 2. The van der Waals surface area contributed by atoms with Gasteiger partial charge in [0.2, 0.25) is 5.91 Å². The maximum Gasteiger partial charge on any atom is 0.234 e. The Morgan fingerprint density at radius 1 is 1.40 bits per heavy atom. The van der Waals surface area contributed by atoms with Crippen molar-refractivity contribution in [1.29, 1.82) is 0 Å². The number of nitrogens with one attached hydrogen (secondary N) is 1. The Kier molecular flexibility index (Phi) is 5.65. The second-order valence-electron chi connectivity index (χ2n) is 4.43. The van der Waals surface area contributed by atoms with Gasteiger partial charge in [0.05, 0.1) is 6.54 Å². The number of carbonyl (C=O) groups is 1. The fraction of sp³-hybridized carbons (Fsp3) is 0.909. The van der Waals surface area contributed by atoms with E-state index in [2.05, 4.69) is 10.2 Å². The summed E-state index contributed by atoms with van der Waals surface area (Å²) in [6.07, 6.45) is 5.69. The molecule has 0 atom stereocenters. The molecule has 0 aliphatic heterocycles. The summed E-state index contributed by atoms with van der Waals surface area (Å²) < 4.78 is 0. The van der Waals surface area contributed by atoms with Crippen molar-refractivity contribution in [2.45, 2.75) is 38.1 Å². The molecule has 0 bridgehead atoms. The largest absolute Gasteiger partial charge is 0.352 e. The predicted molar refractivity (Wildman–Crippen MR) is 61.6 cm³/mol. The minimum absolute atomic E-state index is 0.166. The van der Waals surface area contributed by atoms with Crippen LogP contribution in [0.2, 0.25) is 0 Å². The molecule has 0 aromatic heterocycles. The molecule has 0 radical (unpaired) electrons. The van der Waals surface area contributed by atoms with Crippen LogP contribution in [-0.4, -0.2) is 43.5 Å². The van der Waals surface area contributed by atoms with E-state index in [9.17, 15) is 4.79 Å². The molecular weight excluding hydrogens is 190 g/mol. The van der Waals surface area contributed by atoms with Crippen LogP contribution in [0.3, 0.4) is 0 Å². The van der Waals surface area contributed by atoms with E-state index in [1.54, 1.807) is 0 Å².